The fourth-order valence-electron chi connectivity index (χ4n) is 3.44. The number of benzene rings is 3. The van der Waals surface area contributed by atoms with Gasteiger partial charge < -0.3 is 5.32 Å². The number of amides is 3. The lowest BCUT2D eigenvalue weighted by molar-refractivity contribution is -0.384. The van der Waals surface area contributed by atoms with Gasteiger partial charge in [0.2, 0.25) is 0 Å². The second-order valence-corrected chi connectivity index (χ2v) is 8.50. The summed E-state index contributed by atoms with van der Waals surface area (Å²) in [6.07, 6.45) is 0.664. The maximum absolute atomic E-state index is 12.7. The van der Waals surface area contributed by atoms with Gasteiger partial charge in [0.25, 0.3) is 23.4 Å². The van der Waals surface area contributed by atoms with Crippen LogP contribution in [0.4, 0.5) is 11.4 Å². The van der Waals surface area contributed by atoms with Crippen molar-refractivity contribution in [2.75, 3.05) is 11.9 Å². The Morgan fingerprint density at radius 2 is 1.55 bits per heavy atom. The molecule has 0 radical (unpaired) electrons. The van der Waals surface area contributed by atoms with E-state index in [2.05, 4.69) is 5.32 Å². The first-order valence-corrected chi connectivity index (χ1v) is 11.0. The molecular weight excluding hydrogens is 442 g/mol. The van der Waals surface area contributed by atoms with Crippen LogP contribution in [0.3, 0.4) is 0 Å². The number of nitro groups is 1. The molecule has 1 heterocycles. The Morgan fingerprint density at radius 1 is 0.939 bits per heavy atom. The number of carbonyl (C=O) groups is 3. The molecule has 33 heavy (non-hydrogen) atoms. The molecule has 3 aromatic rings. The molecule has 1 aliphatic heterocycles. The Kier molecular flexibility index (Phi) is 6.23. The van der Waals surface area contributed by atoms with Gasteiger partial charge in [-0.3, -0.25) is 29.4 Å². The highest BCUT2D eigenvalue weighted by Gasteiger charge is 2.35. The molecule has 9 heteroatoms. The van der Waals surface area contributed by atoms with Gasteiger partial charge in [-0.05, 0) is 61.0 Å². The standard InChI is InChI=1S/C24H19N3O5S/c1-2-13-26-23(29)20-12-3-15(14-21(20)24(26)30)22(28)25-16-4-8-18(9-5-16)33-19-10-6-17(7-11-19)27(31)32/h3-12,14H,2,13H2,1H3,(H,25,28). The Morgan fingerprint density at radius 3 is 2.15 bits per heavy atom. The first-order chi connectivity index (χ1) is 15.9. The Labute approximate surface area is 193 Å². The van der Waals surface area contributed by atoms with Crippen LogP contribution >= 0.6 is 11.8 Å². The number of non-ortho nitro benzene ring substituents is 1. The number of hydrogen-bond acceptors (Lipinski definition) is 6. The number of rotatable bonds is 7. The predicted octanol–water partition coefficient (Wildman–Crippen LogP) is 5.00. The normalized spacial score (nSPS) is 12.6. The first kappa shape index (κ1) is 22.2. The minimum atomic E-state index is -0.443. The van der Waals surface area contributed by atoms with Gasteiger partial charge in [0.1, 0.15) is 0 Å². The minimum absolute atomic E-state index is 0.0353. The van der Waals surface area contributed by atoms with E-state index < -0.39 is 4.92 Å². The van der Waals surface area contributed by atoms with Gasteiger partial charge in [-0.15, -0.1) is 0 Å². The minimum Gasteiger partial charge on any atom is -0.322 e. The van der Waals surface area contributed by atoms with Crippen LogP contribution in [0.15, 0.2) is 76.5 Å². The van der Waals surface area contributed by atoms with Crippen molar-refractivity contribution in [1.82, 2.24) is 4.90 Å². The van der Waals surface area contributed by atoms with E-state index in [1.54, 1.807) is 24.3 Å². The van der Waals surface area contributed by atoms with Gasteiger partial charge in [-0.2, -0.15) is 0 Å². The van der Waals surface area contributed by atoms with Gasteiger partial charge in [-0.1, -0.05) is 18.7 Å². The van der Waals surface area contributed by atoms with Gasteiger partial charge in [-0.25, -0.2) is 0 Å². The lowest BCUT2D eigenvalue weighted by Gasteiger charge is -2.11. The zero-order valence-electron chi connectivity index (χ0n) is 17.6. The topological polar surface area (TPSA) is 110 Å². The van der Waals surface area contributed by atoms with Crippen LogP contribution in [0.1, 0.15) is 44.4 Å². The smallest absolute Gasteiger partial charge is 0.269 e. The molecule has 1 aliphatic rings. The number of nitro benzene ring substituents is 1. The van der Waals surface area contributed by atoms with Crippen molar-refractivity contribution in [3.63, 3.8) is 0 Å². The maximum Gasteiger partial charge on any atom is 0.269 e. The average Bonchev–Trinajstić information content (AvgIpc) is 3.05. The van der Waals surface area contributed by atoms with Crippen LogP contribution in [0.5, 0.6) is 0 Å². The molecule has 8 nitrogen and oxygen atoms in total. The monoisotopic (exact) mass is 461 g/mol. The van der Waals surface area contributed by atoms with Crippen LogP contribution < -0.4 is 5.32 Å². The summed E-state index contributed by atoms with van der Waals surface area (Å²) in [5.41, 5.74) is 1.46. The molecule has 0 saturated heterocycles. The molecule has 0 spiro atoms. The van der Waals surface area contributed by atoms with Crippen LogP contribution in [-0.4, -0.2) is 34.1 Å². The van der Waals surface area contributed by atoms with Crippen LogP contribution in [-0.2, 0) is 0 Å². The molecule has 166 valence electrons. The van der Waals surface area contributed by atoms with E-state index in [1.165, 1.54) is 47.0 Å². The van der Waals surface area contributed by atoms with E-state index in [0.717, 1.165) is 9.79 Å². The van der Waals surface area contributed by atoms with Crippen LogP contribution in [0, 0.1) is 10.1 Å². The zero-order chi connectivity index (χ0) is 23.5. The predicted molar refractivity (Wildman–Crippen MR) is 124 cm³/mol. The number of anilines is 1. The van der Waals surface area contributed by atoms with E-state index in [4.69, 9.17) is 0 Å². The summed E-state index contributed by atoms with van der Waals surface area (Å²) in [6, 6.07) is 17.9. The van der Waals surface area contributed by atoms with Crippen molar-refractivity contribution < 1.29 is 19.3 Å². The van der Waals surface area contributed by atoms with E-state index in [-0.39, 0.29) is 34.5 Å². The molecule has 3 amide bonds. The number of nitrogens with one attached hydrogen (secondary N) is 1. The maximum atomic E-state index is 12.7. The Bertz CT molecular complexity index is 1260. The lowest BCUT2D eigenvalue weighted by Crippen LogP contribution is -2.30. The molecule has 0 bridgehead atoms. The lowest BCUT2D eigenvalue weighted by atomic mass is 10.1. The third-order valence-corrected chi connectivity index (χ3v) is 6.09. The summed E-state index contributed by atoms with van der Waals surface area (Å²) in [4.78, 5) is 50.8. The van der Waals surface area contributed by atoms with Crippen molar-refractivity contribution in [3.8, 4) is 0 Å². The summed E-state index contributed by atoms with van der Waals surface area (Å²) >= 11 is 1.44. The third-order valence-electron chi connectivity index (χ3n) is 5.08. The second-order valence-electron chi connectivity index (χ2n) is 7.35. The second kappa shape index (κ2) is 9.25. The fourth-order valence-corrected chi connectivity index (χ4v) is 4.26. The number of nitrogens with zero attached hydrogens (tertiary/aromatic N) is 2. The summed E-state index contributed by atoms with van der Waals surface area (Å²) in [5, 5.41) is 13.5. The molecular formula is C24H19N3O5S. The molecule has 0 saturated carbocycles. The van der Waals surface area contributed by atoms with Crippen molar-refractivity contribution in [1.29, 1.82) is 0 Å². The van der Waals surface area contributed by atoms with Gasteiger partial charge in [0.15, 0.2) is 0 Å². The Hall–Kier alpha value is -3.98. The zero-order valence-corrected chi connectivity index (χ0v) is 18.4. The Balaban J connectivity index is 1.43. The van der Waals surface area contributed by atoms with Crippen LogP contribution in [0.2, 0.25) is 0 Å². The highest BCUT2D eigenvalue weighted by atomic mass is 32.2. The third kappa shape index (κ3) is 4.63. The van der Waals surface area contributed by atoms with Crippen molar-refractivity contribution >= 4 is 40.9 Å². The van der Waals surface area contributed by atoms with Gasteiger partial charge in [0.05, 0.1) is 16.1 Å². The molecule has 0 atom stereocenters. The molecule has 0 aromatic heterocycles. The van der Waals surface area contributed by atoms with Gasteiger partial charge in [0, 0.05) is 39.7 Å². The van der Waals surface area contributed by atoms with Crippen molar-refractivity contribution in [2.24, 2.45) is 0 Å². The summed E-state index contributed by atoms with van der Waals surface area (Å²) in [5.74, 6) is -1.09. The number of hydrogen-bond donors (Lipinski definition) is 1. The van der Waals surface area contributed by atoms with Crippen LogP contribution in [0.25, 0.3) is 0 Å². The summed E-state index contributed by atoms with van der Waals surface area (Å²) in [6.45, 7) is 2.23. The number of imide groups is 1. The van der Waals surface area contributed by atoms with E-state index >= 15 is 0 Å². The quantitative estimate of drug-likeness (QED) is 0.301. The molecule has 0 fully saturated rings. The molecule has 4 rings (SSSR count). The van der Waals surface area contributed by atoms with E-state index in [0.29, 0.717) is 24.2 Å². The van der Waals surface area contributed by atoms with E-state index in [1.807, 2.05) is 19.1 Å². The van der Waals surface area contributed by atoms with Crippen molar-refractivity contribution in [3.05, 3.63) is 93.5 Å². The molecule has 1 N–H and O–H groups in total. The molecule has 3 aromatic carbocycles. The highest BCUT2D eigenvalue weighted by molar-refractivity contribution is 7.99. The van der Waals surface area contributed by atoms with Crippen molar-refractivity contribution in [2.45, 2.75) is 23.1 Å². The first-order valence-electron chi connectivity index (χ1n) is 10.2. The average molecular weight is 461 g/mol. The SMILES string of the molecule is CCCN1C(=O)c2ccc(C(=O)Nc3ccc(Sc4ccc([N+](=O)[O-])cc4)cc3)cc2C1=O. The largest absolute Gasteiger partial charge is 0.322 e. The summed E-state index contributed by atoms with van der Waals surface area (Å²) < 4.78 is 0. The molecule has 0 unspecified atom stereocenters. The summed E-state index contributed by atoms with van der Waals surface area (Å²) in [7, 11) is 0. The number of fused-ring (bicyclic) bond motifs is 1. The number of carbonyl (C=O) groups excluding carboxylic acids is 3. The highest BCUT2D eigenvalue weighted by Crippen LogP contribution is 2.30. The fraction of sp³-hybridized carbons (Fsp3) is 0.125. The van der Waals surface area contributed by atoms with Gasteiger partial charge >= 0.3 is 0 Å². The molecule has 0 aliphatic carbocycles. The van der Waals surface area contributed by atoms with E-state index in [9.17, 15) is 24.5 Å².